The van der Waals surface area contributed by atoms with Gasteiger partial charge in [0.15, 0.2) is 12.4 Å². The smallest absolute Gasteiger partial charge is 0.346 e. The molecule has 0 radical (unpaired) electrons. The molecule has 1 aromatic heterocycles. The number of nitrogens with two attached hydrogens (primary N) is 1. The van der Waals surface area contributed by atoms with E-state index in [1.54, 1.807) is 12.3 Å². The van der Waals surface area contributed by atoms with Gasteiger partial charge in [-0.2, -0.15) is 4.57 Å². The van der Waals surface area contributed by atoms with Crippen LogP contribution in [0.5, 0.6) is 0 Å². The maximum absolute atomic E-state index is 12.1. The van der Waals surface area contributed by atoms with Crippen LogP contribution in [0.3, 0.4) is 0 Å². The van der Waals surface area contributed by atoms with Crippen LogP contribution in [0.15, 0.2) is 61.2 Å². The average Bonchev–Trinajstić information content (AvgIpc) is 2.52. The molecule has 23 heavy (non-hydrogen) atoms. The van der Waals surface area contributed by atoms with E-state index in [-0.39, 0.29) is 23.6 Å². The van der Waals surface area contributed by atoms with E-state index < -0.39 is 17.8 Å². The normalized spacial score (nSPS) is 11.0. The van der Waals surface area contributed by atoms with Gasteiger partial charge in [-0.3, -0.25) is 9.59 Å². The Morgan fingerprint density at radius 3 is 2.52 bits per heavy atom. The first kappa shape index (κ1) is 17.8. The Hall–Kier alpha value is -3.22. The molecule has 1 rings (SSSR count). The third kappa shape index (κ3) is 5.24. The van der Waals surface area contributed by atoms with E-state index >= 15 is 0 Å². The molecular formula is C16H17N2O5+. The van der Waals surface area contributed by atoms with Crippen LogP contribution in [0.2, 0.25) is 0 Å². The Bertz CT molecular complexity index is 691. The summed E-state index contributed by atoms with van der Waals surface area (Å²) in [6.07, 6.45) is 5.44. The first-order valence-corrected chi connectivity index (χ1v) is 6.52. The van der Waals surface area contributed by atoms with Gasteiger partial charge < -0.3 is 15.2 Å². The summed E-state index contributed by atoms with van der Waals surface area (Å²) in [5, 5.41) is 0. The van der Waals surface area contributed by atoms with E-state index in [4.69, 9.17) is 15.2 Å². The lowest BCUT2D eigenvalue weighted by molar-refractivity contribution is -0.727. The van der Waals surface area contributed by atoms with E-state index in [9.17, 15) is 14.4 Å². The molecule has 0 aliphatic rings. The van der Waals surface area contributed by atoms with E-state index in [2.05, 4.69) is 13.2 Å². The van der Waals surface area contributed by atoms with Gasteiger partial charge in [-0.15, -0.1) is 0 Å². The number of aromatic nitrogens is 1. The number of primary amides is 1. The Morgan fingerprint density at radius 1 is 1.30 bits per heavy atom. The van der Waals surface area contributed by atoms with Crippen LogP contribution in [-0.4, -0.2) is 17.8 Å². The van der Waals surface area contributed by atoms with Crippen LogP contribution >= 0.6 is 0 Å². The number of carbonyl (C=O) groups excluding carboxylic acids is 3. The van der Waals surface area contributed by atoms with Crippen LogP contribution in [0.1, 0.15) is 17.3 Å². The second-order valence-electron chi connectivity index (χ2n) is 4.31. The maximum Gasteiger partial charge on any atom is 0.346 e. The molecule has 1 heterocycles. The van der Waals surface area contributed by atoms with Gasteiger partial charge >= 0.3 is 11.9 Å². The number of pyridine rings is 1. The number of esters is 2. The fraction of sp³-hybridized carbons (Fsp3) is 0.125. The fourth-order valence-corrected chi connectivity index (χ4v) is 1.60. The number of amides is 1. The van der Waals surface area contributed by atoms with Gasteiger partial charge in [-0.1, -0.05) is 19.2 Å². The summed E-state index contributed by atoms with van der Waals surface area (Å²) < 4.78 is 11.4. The predicted octanol–water partition coefficient (Wildman–Crippen LogP) is 0.763. The molecule has 0 atom stereocenters. The molecule has 1 aromatic rings. The van der Waals surface area contributed by atoms with Gasteiger partial charge in [-0.25, -0.2) is 4.79 Å². The third-order valence-electron chi connectivity index (χ3n) is 2.62. The van der Waals surface area contributed by atoms with Gasteiger partial charge in [0.25, 0.3) is 12.6 Å². The molecule has 0 aromatic carbocycles. The molecule has 0 aliphatic heterocycles. The minimum Gasteiger partial charge on any atom is -0.426 e. The largest absolute Gasteiger partial charge is 0.426 e. The lowest BCUT2D eigenvalue weighted by Gasteiger charge is -2.07. The zero-order valence-corrected chi connectivity index (χ0v) is 12.7. The number of hydrogen-bond acceptors (Lipinski definition) is 5. The van der Waals surface area contributed by atoms with Crippen molar-refractivity contribution < 1.29 is 28.4 Å². The zero-order chi connectivity index (χ0) is 17.4. The van der Waals surface area contributed by atoms with Crippen molar-refractivity contribution in [1.29, 1.82) is 0 Å². The third-order valence-corrected chi connectivity index (χ3v) is 2.62. The fourth-order valence-electron chi connectivity index (χ4n) is 1.60. The molecule has 0 saturated carbocycles. The van der Waals surface area contributed by atoms with Crippen molar-refractivity contribution in [2.75, 3.05) is 0 Å². The SMILES string of the molecule is C=CC(OC(C)=O)=C(C=C)C(=O)OC[n+]1cccc(C(N)=O)c1. The van der Waals surface area contributed by atoms with Crippen LogP contribution in [0.25, 0.3) is 0 Å². The highest BCUT2D eigenvalue weighted by atomic mass is 16.6. The van der Waals surface area contributed by atoms with Crippen molar-refractivity contribution in [3.05, 3.63) is 66.7 Å². The van der Waals surface area contributed by atoms with Crippen LogP contribution in [0.4, 0.5) is 0 Å². The van der Waals surface area contributed by atoms with Gasteiger partial charge in [0.1, 0.15) is 16.9 Å². The van der Waals surface area contributed by atoms with Crippen molar-refractivity contribution in [3.63, 3.8) is 0 Å². The molecule has 0 fully saturated rings. The highest BCUT2D eigenvalue weighted by Crippen LogP contribution is 2.11. The first-order chi connectivity index (χ1) is 10.9. The molecule has 0 bridgehead atoms. The minimum absolute atomic E-state index is 0.0399. The van der Waals surface area contributed by atoms with Gasteiger partial charge in [0.05, 0.1) is 0 Å². The Labute approximate surface area is 133 Å². The van der Waals surface area contributed by atoms with Crippen molar-refractivity contribution in [3.8, 4) is 0 Å². The summed E-state index contributed by atoms with van der Waals surface area (Å²) in [6, 6.07) is 3.12. The molecule has 7 nitrogen and oxygen atoms in total. The van der Waals surface area contributed by atoms with Gasteiger partial charge in [0.2, 0.25) is 0 Å². The number of allylic oxidation sites excluding steroid dienone is 1. The maximum atomic E-state index is 12.1. The number of nitrogens with zero attached hydrogens (tertiary/aromatic N) is 1. The summed E-state index contributed by atoms with van der Waals surface area (Å²) in [6.45, 7) is 7.98. The summed E-state index contributed by atoms with van der Waals surface area (Å²) in [4.78, 5) is 34.1. The summed E-state index contributed by atoms with van der Waals surface area (Å²) in [5.74, 6) is -2.00. The highest BCUT2D eigenvalue weighted by molar-refractivity contribution is 5.93. The number of ether oxygens (including phenoxy) is 2. The van der Waals surface area contributed by atoms with Gasteiger partial charge in [-0.05, 0) is 12.1 Å². The first-order valence-electron chi connectivity index (χ1n) is 6.52. The second-order valence-corrected chi connectivity index (χ2v) is 4.31. The molecule has 0 unspecified atom stereocenters. The quantitative estimate of drug-likeness (QED) is 0.263. The second kappa shape index (κ2) is 8.28. The van der Waals surface area contributed by atoms with Crippen LogP contribution in [-0.2, 0) is 25.8 Å². The molecule has 0 spiro atoms. The van der Waals surface area contributed by atoms with E-state index in [1.165, 1.54) is 35.9 Å². The van der Waals surface area contributed by atoms with Gasteiger partial charge in [0, 0.05) is 13.0 Å². The highest BCUT2D eigenvalue weighted by Gasteiger charge is 2.17. The average molecular weight is 317 g/mol. The van der Waals surface area contributed by atoms with Crippen molar-refractivity contribution in [1.82, 2.24) is 0 Å². The standard InChI is InChI=1S/C16H16N2O5/c1-4-13(14(5-2)23-11(3)19)16(21)22-10-18-8-6-7-12(9-18)15(17)20/h4-9H,1-2,10H2,3H3,(H-,17,20)/p+1. The number of carbonyl (C=O) groups is 3. The molecular weight excluding hydrogens is 300 g/mol. The van der Waals surface area contributed by atoms with E-state index in [0.29, 0.717) is 0 Å². The Balaban J connectivity index is 2.89. The van der Waals surface area contributed by atoms with Crippen molar-refractivity contribution in [2.24, 2.45) is 5.73 Å². The molecule has 120 valence electrons. The van der Waals surface area contributed by atoms with Crippen LogP contribution < -0.4 is 10.3 Å². The molecule has 0 aliphatic carbocycles. The predicted molar refractivity (Wildman–Crippen MR) is 80.4 cm³/mol. The number of hydrogen-bond donors (Lipinski definition) is 1. The van der Waals surface area contributed by atoms with Crippen LogP contribution in [0, 0.1) is 0 Å². The summed E-state index contributed by atoms with van der Waals surface area (Å²) in [5.41, 5.74) is 5.41. The van der Waals surface area contributed by atoms with Crippen molar-refractivity contribution in [2.45, 2.75) is 13.7 Å². The molecule has 1 amide bonds. The summed E-state index contributed by atoms with van der Waals surface area (Å²) in [7, 11) is 0. The Morgan fingerprint density at radius 2 is 2.00 bits per heavy atom. The van der Waals surface area contributed by atoms with E-state index in [0.717, 1.165) is 0 Å². The lowest BCUT2D eigenvalue weighted by Crippen LogP contribution is -2.37. The van der Waals surface area contributed by atoms with E-state index in [1.807, 2.05) is 0 Å². The summed E-state index contributed by atoms with van der Waals surface area (Å²) >= 11 is 0. The van der Waals surface area contributed by atoms with Crippen molar-refractivity contribution >= 4 is 17.8 Å². The molecule has 2 N–H and O–H groups in total. The Kier molecular flexibility index (Phi) is 6.42. The number of rotatable bonds is 7. The topological polar surface area (TPSA) is 99.6 Å². The monoisotopic (exact) mass is 317 g/mol. The molecule has 7 heteroatoms. The minimum atomic E-state index is -0.756. The lowest BCUT2D eigenvalue weighted by atomic mass is 10.2. The molecule has 0 saturated heterocycles. The zero-order valence-electron chi connectivity index (χ0n) is 12.7.